The van der Waals surface area contributed by atoms with Crippen LogP contribution in [0.25, 0.3) is 0 Å². The van der Waals surface area contributed by atoms with Gasteiger partial charge in [-0.3, -0.25) is 0 Å². The summed E-state index contributed by atoms with van der Waals surface area (Å²) in [4.78, 5) is 2.17. The van der Waals surface area contributed by atoms with Gasteiger partial charge >= 0.3 is 0 Å². The Kier molecular flexibility index (Phi) is 4.59. The van der Waals surface area contributed by atoms with Crippen molar-refractivity contribution in [2.75, 3.05) is 26.4 Å². The number of anilines is 1. The molecule has 0 saturated carbocycles. The lowest BCUT2D eigenvalue weighted by Gasteiger charge is -2.18. The minimum Gasteiger partial charge on any atom is -0.398 e. The smallest absolute Gasteiger partial charge is 0.0359 e. The molecule has 0 heterocycles. The highest BCUT2D eigenvalue weighted by atomic mass is 15.1. The maximum Gasteiger partial charge on any atom is 0.0359 e. The molecule has 0 amide bonds. The van der Waals surface area contributed by atoms with E-state index in [-0.39, 0.29) is 0 Å². The molecule has 0 aromatic heterocycles. The van der Waals surface area contributed by atoms with Gasteiger partial charge in [0.1, 0.15) is 0 Å². The number of nitrogens with one attached hydrogen (secondary N) is 1. The van der Waals surface area contributed by atoms with Gasteiger partial charge in [0.05, 0.1) is 0 Å². The number of nitrogens with two attached hydrogens (primary N) is 1. The molecule has 1 atom stereocenters. The summed E-state index contributed by atoms with van der Waals surface area (Å²) in [5.41, 5.74) is 7.89. The largest absolute Gasteiger partial charge is 0.398 e. The Hall–Kier alpha value is -1.06. The SMILES string of the molecule is CC(CN(C)C)NCc1ccccc1N. The van der Waals surface area contributed by atoms with E-state index in [0.29, 0.717) is 6.04 Å². The summed E-state index contributed by atoms with van der Waals surface area (Å²) in [7, 11) is 4.16. The Labute approximate surface area is 92.3 Å². The van der Waals surface area contributed by atoms with E-state index in [1.54, 1.807) is 0 Å². The zero-order valence-electron chi connectivity index (χ0n) is 9.83. The summed E-state index contributed by atoms with van der Waals surface area (Å²) in [5, 5.41) is 3.45. The molecule has 3 N–H and O–H groups in total. The fraction of sp³-hybridized carbons (Fsp3) is 0.500. The molecule has 1 rings (SSSR count). The van der Waals surface area contributed by atoms with E-state index in [2.05, 4.69) is 37.3 Å². The fourth-order valence-corrected chi connectivity index (χ4v) is 1.59. The molecule has 3 nitrogen and oxygen atoms in total. The molecule has 0 fully saturated rings. The van der Waals surface area contributed by atoms with Crippen LogP contribution in [0, 0.1) is 0 Å². The summed E-state index contributed by atoms with van der Waals surface area (Å²) in [6, 6.07) is 8.45. The van der Waals surface area contributed by atoms with Gasteiger partial charge in [-0.1, -0.05) is 18.2 Å². The molecular weight excluding hydrogens is 186 g/mol. The Morgan fingerprint density at radius 2 is 2.00 bits per heavy atom. The van der Waals surface area contributed by atoms with Crippen molar-refractivity contribution in [1.82, 2.24) is 10.2 Å². The minimum absolute atomic E-state index is 0.472. The Morgan fingerprint density at radius 1 is 1.33 bits per heavy atom. The quantitative estimate of drug-likeness (QED) is 0.715. The zero-order valence-corrected chi connectivity index (χ0v) is 9.83. The van der Waals surface area contributed by atoms with Crippen LogP contribution < -0.4 is 11.1 Å². The molecule has 84 valence electrons. The number of rotatable bonds is 5. The standard InChI is InChI=1S/C12H21N3/c1-10(9-15(2)3)14-8-11-6-4-5-7-12(11)13/h4-7,10,14H,8-9,13H2,1-3H3. The van der Waals surface area contributed by atoms with E-state index in [1.165, 1.54) is 5.56 Å². The van der Waals surface area contributed by atoms with Crippen molar-refractivity contribution in [2.24, 2.45) is 0 Å². The third kappa shape index (κ3) is 4.32. The van der Waals surface area contributed by atoms with Crippen LogP contribution in [0.3, 0.4) is 0 Å². The molecule has 0 radical (unpaired) electrons. The van der Waals surface area contributed by atoms with Crippen molar-refractivity contribution < 1.29 is 0 Å². The topological polar surface area (TPSA) is 41.3 Å². The van der Waals surface area contributed by atoms with E-state index < -0.39 is 0 Å². The molecule has 1 unspecified atom stereocenters. The first-order valence-electron chi connectivity index (χ1n) is 5.31. The molecule has 0 bridgehead atoms. The van der Waals surface area contributed by atoms with Crippen molar-refractivity contribution >= 4 is 5.69 Å². The summed E-state index contributed by atoms with van der Waals surface area (Å²) < 4.78 is 0. The first-order chi connectivity index (χ1) is 7.09. The summed E-state index contributed by atoms with van der Waals surface area (Å²) in [6.07, 6.45) is 0. The summed E-state index contributed by atoms with van der Waals surface area (Å²) in [6.45, 7) is 4.05. The Balaban J connectivity index is 2.40. The van der Waals surface area contributed by atoms with Gasteiger partial charge in [-0.25, -0.2) is 0 Å². The van der Waals surface area contributed by atoms with Crippen LogP contribution >= 0.6 is 0 Å². The van der Waals surface area contributed by atoms with Crippen LogP contribution in [-0.2, 0) is 6.54 Å². The minimum atomic E-state index is 0.472. The average molecular weight is 207 g/mol. The van der Waals surface area contributed by atoms with Crippen LogP contribution in [0.4, 0.5) is 5.69 Å². The highest BCUT2D eigenvalue weighted by Gasteiger charge is 2.03. The summed E-state index contributed by atoms with van der Waals surface area (Å²) >= 11 is 0. The van der Waals surface area contributed by atoms with Gasteiger partial charge in [0.2, 0.25) is 0 Å². The lowest BCUT2D eigenvalue weighted by atomic mass is 10.1. The third-order valence-corrected chi connectivity index (χ3v) is 2.34. The van der Waals surface area contributed by atoms with Crippen molar-refractivity contribution in [3.05, 3.63) is 29.8 Å². The van der Waals surface area contributed by atoms with Gasteiger partial charge in [0.15, 0.2) is 0 Å². The molecule has 0 aliphatic rings. The van der Waals surface area contributed by atoms with Gasteiger partial charge in [0.25, 0.3) is 0 Å². The van der Waals surface area contributed by atoms with Crippen molar-refractivity contribution in [3.8, 4) is 0 Å². The maximum absolute atomic E-state index is 5.86. The van der Waals surface area contributed by atoms with Crippen molar-refractivity contribution in [1.29, 1.82) is 0 Å². The second-order valence-corrected chi connectivity index (χ2v) is 4.24. The zero-order chi connectivity index (χ0) is 11.3. The van der Waals surface area contributed by atoms with Crippen molar-refractivity contribution in [3.63, 3.8) is 0 Å². The van der Waals surface area contributed by atoms with E-state index in [1.807, 2.05) is 18.2 Å². The highest BCUT2D eigenvalue weighted by molar-refractivity contribution is 5.46. The van der Waals surface area contributed by atoms with Gasteiger partial charge in [0, 0.05) is 24.8 Å². The van der Waals surface area contributed by atoms with Gasteiger partial charge in [-0.2, -0.15) is 0 Å². The van der Waals surface area contributed by atoms with Crippen LogP contribution in [0.5, 0.6) is 0 Å². The Morgan fingerprint density at radius 3 is 2.60 bits per heavy atom. The first kappa shape index (κ1) is 12.0. The van der Waals surface area contributed by atoms with Gasteiger partial charge in [-0.15, -0.1) is 0 Å². The predicted molar refractivity (Wildman–Crippen MR) is 65.7 cm³/mol. The number of para-hydroxylation sites is 1. The predicted octanol–water partition coefficient (Wildman–Crippen LogP) is 1.31. The number of likely N-dealkylation sites (N-methyl/N-ethyl adjacent to an activating group) is 1. The molecule has 3 heteroatoms. The van der Waals surface area contributed by atoms with E-state index in [0.717, 1.165) is 18.8 Å². The molecule has 0 saturated heterocycles. The fourth-order valence-electron chi connectivity index (χ4n) is 1.59. The average Bonchev–Trinajstić information content (AvgIpc) is 2.15. The van der Waals surface area contributed by atoms with Crippen LogP contribution in [0.2, 0.25) is 0 Å². The molecule has 15 heavy (non-hydrogen) atoms. The van der Waals surface area contributed by atoms with Crippen molar-refractivity contribution in [2.45, 2.75) is 19.5 Å². The monoisotopic (exact) mass is 207 g/mol. The van der Waals surface area contributed by atoms with Gasteiger partial charge in [-0.05, 0) is 32.6 Å². The highest BCUT2D eigenvalue weighted by Crippen LogP contribution is 2.09. The van der Waals surface area contributed by atoms with Crippen LogP contribution in [0.15, 0.2) is 24.3 Å². The van der Waals surface area contributed by atoms with E-state index >= 15 is 0 Å². The number of hydrogen-bond donors (Lipinski definition) is 2. The second kappa shape index (κ2) is 5.73. The molecule has 0 spiro atoms. The summed E-state index contributed by atoms with van der Waals surface area (Å²) in [5.74, 6) is 0. The number of benzene rings is 1. The molecule has 0 aliphatic carbocycles. The second-order valence-electron chi connectivity index (χ2n) is 4.24. The number of nitrogen functional groups attached to an aromatic ring is 1. The molecular formula is C12H21N3. The van der Waals surface area contributed by atoms with E-state index in [4.69, 9.17) is 5.73 Å². The molecule has 1 aromatic rings. The van der Waals surface area contributed by atoms with Crippen LogP contribution in [-0.4, -0.2) is 31.6 Å². The van der Waals surface area contributed by atoms with E-state index in [9.17, 15) is 0 Å². The van der Waals surface area contributed by atoms with Gasteiger partial charge < -0.3 is 16.0 Å². The first-order valence-corrected chi connectivity index (χ1v) is 5.31. The lowest BCUT2D eigenvalue weighted by Crippen LogP contribution is -2.35. The Bertz CT molecular complexity index is 297. The normalized spacial score (nSPS) is 13.1. The lowest BCUT2D eigenvalue weighted by molar-refractivity contribution is 0.349. The third-order valence-electron chi connectivity index (χ3n) is 2.34. The van der Waals surface area contributed by atoms with Crippen LogP contribution in [0.1, 0.15) is 12.5 Å². The number of hydrogen-bond acceptors (Lipinski definition) is 3. The maximum atomic E-state index is 5.86. The molecule has 0 aliphatic heterocycles. The molecule has 1 aromatic carbocycles. The number of nitrogens with zero attached hydrogens (tertiary/aromatic N) is 1.